The number of nitrogens with one attached hydrogen (secondary N) is 1. The molecule has 1 aromatic heterocycles. The summed E-state index contributed by atoms with van der Waals surface area (Å²) in [6.07, 6.45) is 4.56. The predicted molar refractivity (Wildman–Crippen MR) is 81.4 cm³/mol. The van der Waals surface area contributed by atoms with Gasteiger partial charge >= 0.3 is 0 Å². The Labute approximate surface area is 125 Å². The van der Waals surface area contributed by atoms with Crippen molar-refractivity contribution in [2.75, 3.05) is 44.7 Å². The van der Waals surface area contributed by atoms with Crippen LogP contribution in [0.1, 0.15) is 25.3 Å². The number of ether oxygens (including phenoxy) is 1. The Hall–Kier alpha value is -0.910. The molecule has 2 rings (SSSR count). The number of hydrogen-bond acceptors (Lipinski definition) is 5. The summed E-state index contributed by atoms with van der Waals surface area (Å²) in [4.78, 5) is 10.8. The average molecular weight is 299 g/mol. The number of rotatable bonds is 7. The minimum absolute atomic E-state index is 0.567. The van der Waals surface area contributed by atoms with Gasteiger partial charge in [0.2, 0.25) is 0 Å². The van der Waals surface area contributed by atoms with E-state index in [1.54, 1.807) is 0 Å². The molecule has 1 aliphatic heterocycles. The Morgan fingerprint density at radius 3 is 2.90 bits per heavy atom. The van der Waals surface area contributed by atoms with Crippen LogP contribution in [0.15, 0.2) is 6.33 Å². The first kappa shape index (κ1) is 15.5. The van der Waals surface area contributed by atoms with Crippen LogP contribution in [0, 0.1) is 0 Å². The van der Waals surface area contributed by atoms with Gasteiger partial charge in [-0.1, -0.05) is 24.9 Å². The fraction of sp³-hybridized carbons (Fsp3) is 0.714. The topological polar surface area (TPSA) is 50.3 Å². The van der Waals surface area contributed by atoms with Crippen LogP contribution in [0.3, 0.4) is 0 Å². The Bertz CT molecular complexity index is 410. The highest BCUT2D eigenvalue weighted by atomic mass is 35.5. The lowest BCUT2D eigenvalue weighted by Gasteiger charge is -2.26. The number of morpholine rings is 1. The van der Waals surface area contributed by atoms with Crippen LogP contribution in [-0.4, -0.2) is 54.3 Å². The van der Waals surface area contributed by atoms with Crippen molar-refractivity contribution >= 4 is 17.4 Å². The second-order valence-electron chi connectivity index (χ2n) is 4.98. The maximum atomic E-state index is 6.13. The van der Waals surface area contributed by atoms with E-state index in [4.69, 9.17) is 16.3 Å². The van der Waals surface area contributed by atoms with E-state index < -0.39 is 0 Å². The zero-order valence-corrected chi connectivity index (χ0v) is 12.8. The third-order valence-corrected chi connectivity index (χ3v) is 3.77. The van der Waals surface area contributed by atoms with E-state index in [1.807, 2.05) is 0 Å². The summed E-state index contributed by atoms with van der Waals surface area (Å²) in [6, 6.07) is 0. The molecular formula is C14H23ClN4O. The fourth-order valence-corrected chi connectivity index (χ4v) is 2.58. The minimum atomic E-state index is 0.567. The standard InChI is InChI=1S/C14H23ClN4O/c1-2-4-12-13(15)17-11-18-14(12)16-5-3-6-19-7-9-20-10-8-19/h11H,2-10H2,1H3,(H,16,17,18). The van der Waals surface area contributed by atoms with Gasteiger partial charge in [-0.3, -0.25) is 4.90 Å². The zero-order valence-electron chi connectivity index (χ0n) is 12.1. The van der Waals surface area contributed by atoms with Crippen molar-refractivity contribution in [3.8, 4) is 0 Å². The van der Waals surface area contributed by atoms with Crippen molar-refractivity contribution < 1.29 is 4.74 Å². The Morgan fingerprint density at radius 1 is 1.35 bits per heavy atom. The van der Waals surface area contributed by atoms with Crippen molar-refractivity contribution in [1.29, 1.82) is 0 Å². The van der Waals surface area contributed by atoms with Crippen molar-refractivity contribution in [2.45, 2.75) is 26.2 Å². The lowest BCUT2D eigenvalue weighted by atomic mass is 10.2. The second kappa shape index (κ2) is 8.39. The predicted octanol–water partition coefficient (Wildman–Crippen LogP) is 2.22. The van der Waals surface area contributed by atoms with E-state index in [2.05, 4.69) is 27.1 Å². The molecule has 0 saturated carbocycles. The number of nitrogens with zero attached hydrogens (tertiary/aromatic N) is 3. The van der Waals surface area contributed by atoms with Crippen molar-refractivity contribution in [3.63, 3.8) is 0 Å². The SMILES string of the molecule is CCCc1c(Cl)ncnc1NCCCN1CCOCC1. The van der Waals surface area contributed by atoms with Crippen LogP contribution in [0.25, 0.3) is 0 Å². The highest BCUT2D eigenvalue weighted by Crippen LogP contribution is 2.21. The molecule has 0 aliphatic carbocycles. The van der Waals surface area contributed by atoms with Crippen LogP contribution in [0.2, 0.25) is 5.15 Å². The summed E-state index contributed by atoms with van der Waals surface area (Å²) in [5, 5.41) is 3.95. The molecule has 1 aromatic rings. The van der Waals surface area contributed by atoms with Gasteiger partial charge in [-0.2, -0.15) is 0 Å². The van der Waals surface area contributed by atoms with Gasteiger partial charge in [0.1, 0.15) is 17.3 Å². The molecule has 0 bridgehead atoms. The first-order valence-electron chi connectivity index (χ1n) is 7.34. The molecule has 0 unspecified atom stereocenters. The molecule has 0 amide bonds. The monoisotopic (exact) mass is 298 g/mol. The molecule has 0 aromatic carbocycles. The third kappa shape index (κ3) is 4.58. The molecule has 0 spiro atoms. The number of anilines is 1. The van der Waals surface area contributed by atoms with Gasteiger partial charge in [-0.15, -0.1) is 0 Å². The van der Waals surface area contributed by atoms with Gasteiger partial charge in [0.15, 0.2) is 0 Å². The average Bonchev–Trinajstić information content (AvgIpc) is 2.48. The molecule has 20 heavy (non-hydrogen) atoms. The quantitative estimate of drug-likeness (QED) is 0.618. The highest BCUT2D eigenvalue weighted by molar-refractivity contribution is 6.30. The molecule has 6 heteroatoms. The maximum Gasteiger partial charge on any atom is 0.137 e. The first-order chi connectivity index (χ1) is 9.81. The summed E-state index contributed by atoms with van der Waals surface area (Å²) in [5.41, 5.74) is 1.03. The number of halogens is 1. The van der Waals surface area contributed by atoms with E-state index in [1.165, 1.54) is 6.33 Å². The van der Waals surface area contributed by atoms with Crippen molar-refractivity contribution in [1.82, 2.24) is 14.9 Å². The molecule has 1 fully saturated rings. The molecule has 1 aliphatic rings. The third-order valence-electron chi connectivity index (χ3n) is 3.44. The van der Waals surface area contributed by atoms with Crippen LogP contribution >= 0.6 is 11.6 Å². The molecule has 2 heterocycles. The van der Waals surface area contributed by atoms with E-state index in [-0.39, 0.29) is 0 Å². The molecule has 0 atom stereocenters. The molecule has 112 valence electrons. The van der Waals surface area contributed by atoms with Crippen molar-refractivity contribution in [2.24, 2.45) is 0 Å². The molecule has 1 saturated heterocycles. The largest absolute Gasteiger partial charge is 0.379 e. The van der Waals surface area contributed by atoms with Crippen LogP contribution in [-0.2, 0) is 11.2 Å². The fourth-order valence-electron chi connectivity index (χ4n) is 2.35. The lowest BCUT2D eigenvalue weighted by molar-refractivity contribution is 0.0378. The van der Waals surface area contributed by atoms with E-state index >= 15 is 0 Å². The smallest absolute Gasteiger partial charge is 0.137 e. The lowest BCUT2D eigenvalue weighted by Crippen LogP contribution is -2.37. The van der Waals surface area contributed by atoms with Gasteiger partial charge in [-0.05, 0) is 19.4 Å². The van der Waals surface area contributed by atoms with Gasteiger partial charge in [-0.25, -0.2) is 9.97 Å². The highest BCUT2D eigenvalue weighted by Gasteiger charge is 2.11. The van der Waals surface area contributed by atoms with Crippen LogP contribution in [0.5, 0.6) is 0 Å². The zero-order chi connectivity index (χ0) is 14.2. The Balaban J connectivity index is 1.77. The van der Waals surface area contributed by atoms with Crippen molar-refractivity contribution in [3.05, 3.63) is 17.0 Å². The van der Waals surface area contributed by atoms with Crippen LogP contribution < -0.4 is 5.32 Å². The number of aromatic nitrogens is 2. The number of hydrogen-bond donors (Lipinski definition) is 1. The van der Waals surface area contributed by atoms with Gasteiger partial charge in [0, 0.05) is 25.2 Å². The summed E-state index contributed by atoms with van der Waals surface area (Å²) in [6.45, 7) is 7.93. The Morgan fingerprint density at radius 2 is 2.15 bits per heavy atom. The second-order valence-corrected chi connectivity index (χ2v) is 5.33. The minimum Gasteiger partial charge on any atom is -0.379 e. The molecular weight excluding hydrogens is 276 g/mol. The van der Waals surface area contributed by atoms with Gasteiger partial charge in [0.05, 0.1) is 13.2 Å². The normalized spacial score (nSPS) is 16.3. The van der Waals surface area contributed by atoms with Crippen LogP contribution in [0.4, 0.5) is 5.82 Å². The van der Waals surface area contributed by atoms with E-state index in [0.29, 0.717) is 5.15 Å². The summed E-state index contributed by atoms with van der Waals surface area (Å²) >= 11 is 6.13. The maximum absolute atomic E-state index is 6.13. The first-order valence-corrected chi connectivity index (χ1v) is 7.72. The summed E-state index contributed by atoms with van der Waals surface area (Å²) in [7, 11) is 0. The summed E-state index contributed by atoms with van der Waals surface area (Å²) < 4.78 is 5.34. The van der Waals surface area contributed by atoms with Gasteiger partial charge < -0.3 is 10.1 Å². The molecule has 0 radical (unpaired) electrons. The molecule has 1 N–H and O–H groups in total. The summed E-state index contributed by atoms with van der Waals surface area (Å²) in [5.74, 6) is 0.883. The van der Waals surface area contributed by atoms with E-state index in [0.717, 1.165) is 70.0 Å². The Kier molecular flexibility index (Phi) is 6.50. The van der Waals surface area contributed by atoms with Gasteiger partial charge in [0.25, 0.3) is 0 Å². The molecule has 5 nitrogen and oxygen atoms in total. The van der Waals surface area contributed by atoms with E-state index in [9.17, 15) is 0 Å².